The van der Waals surface area contributed by atoms with Gasteiger partial charge in [0.1, 0.15) is 5.82 Å². The predicted octanol–water partition coefficient (Wildman–Crippen LogP) is 4.78. The van der Waals surface area contributed by atoms with E-state index < -0.39 is 0 Å². The van der Waals surface area contributed by atoms with Gasteiger partial charge >= 0.3 is 0 Å². The summed E-state index contributed by atoms with van der Waals surface area (Å²) in [6.07, 6.45) is 0. The number of halogens is 3. The van der Waals surface area contributed by atoms with Crippen molar-refractivity contribution in [1.82, 2.24) is 0 Å². The van der Waals surface area contributed by atoms with Crippen LogP contribution in [0.15, 0.2) is 46.2 Å². The number of aliphatic hydroxyl groups excluding tert-OH is 1. The number of aliphatic hydroxyl groups is 1. The average molecular weight is 303 g/mol. The lowest BCUT2D eigenvalue weighted by molar-refractivity contribution is 0.281. The van der Waals surface area contributed by atoms with Gasteiger partial charge in [0.25, 0.3) is 0 Å². The van der Waals surface area contributed by atoms with E-state index in [0.29, 0.717) is 20.5 Å². The van der Waals surface area contributed by atoms with Gasteiger partial charge in [-0.2, -0.15) is 0 Å². The predicted molar refractivity (Wildman–Crippen MR) is 72.9 cm³/mol. The highest BCUT2D eigenvalue weighted by Gasteiger charge is 2.04. The molecule has 0 saturated heterocycles. The Bertz CT molecular complexity index is 575. The monoisotopic (exact) mass is 302 g/mol. The molecule has 0 bridgehead atoms. The Kier molecular flexibility index (Phi) is 4.51. The molecule has 1 N–H and O–H groups in total. The van der Waals surface area contributed by atoms with Gasteiger partial charge in [-0.25, -0.2) is 4.39 Å². The molecule has 2 rings (SSSR count). The van der Waals surface area contributed by atoms with E-state index in [1.807, 2.05) is 6.07 Å². The fourth-order valence-electron chi connectivity index (χ4n) is 1.45. The number of rotatable bonds is 3. The standard InChI is InChI=1S/C13H9Cl2FOS/c14-12-2-1-10(6-13(12)15)18-11-4-8(7-17)3-9(16)5-11/h1-6,17H,7H2. The second-order valence-corrected chi connectivity index (χ2v) is 5.59. The smallest absolute Gasteiger partial charge is 0.124 e. The highest BCUT2D eigenvalue weighted by atomic mass is 35.5. The molecule has 5 heteroatoms. The van der Waals surface area contributed by atoms with Gasteiger partial charge in [-0.05, 0) is 42.0 Å². The molecule has 0 saturated carbocycles. The van der Waals surface area contributed by atoms with Gasteiger partial charge in [-0.15, -0.1) is 0 Å². The largest absolute Gasteiger partial charge is 0.392 e. The summed E-state index contributed by atoms with van der Waals surface area (Å²) in [5.41, 5.74) is 0.539. The zero-order valence-corrected chi connectivity index (χ0v) is 11.5. The van der Waals surface area contributed by atoms with Crippen LogP contribution in [0.5, 0.6) is 0 Å². The third-order valence-corrected chi connectivity index (χ3v) is 3.94. The van der Waals surface area contributed by atoms with Crippen molar-refractivity contribution in [3.63, 3.8) is 0 Å². The Labute approximate surface area is 119 Å². The second-order valence-electron chi connectivity index (χ2n) is 3.63. The first-order chi connectivity index (χ1) is 8.58. The van der Waals surface area contributed by atoms with Crippen LogP contribution in [-0.2, 0) is 6.61 Å². The third kappa shape index (κ3) is 3.39. The van der Waals surface area contributed by atoms with Crippen LogP contribution in [0.4, 0.5) is 4.39 Å². The van der Waals surface area contributed by atoms with E-state index in [2.05, 4.69) is 0 Å². The summed E-state index contributed by atoms with van der Waals surface area (Å²) in [4.78, 5) is 1.57. The summed E-state index contributed by atoms with van der Waals surface area (Å²) >= 11 is 13.1. The van der Waals surface area contributed by atoms with Crippen LogP contribution < -0.4 is 0 Å². The van der Waals surface area contributed by atoms with Crippen molar-refractivity contribution < 1.29 is 9.50 Å². The minimum atomic E-state index is -0.371. The maximum Gasteiger partial charge on any atom is 0.124 e. The lowest BCUT2D eigenvalue weighted by atomic mass is 10.2. The summed E-state index contributed by atoms with van der Waals surface area (Å²) in [5, 5.41) is 9.96. The van der Waals surface area contributed by atoms with Crippen molar-refractivity contribution in [2.24, 2.45) is 0 Å². The van der Waals surface area contributed by atoms with Crippen molar-refractivity contribution in [3.05, 3.63) is 57.8 Å². The van der Waals surface area contributed by atoms with Crippen LogP contribution in [0.25, 0.3) is 0 Å². The Hall–Kier alpha value is -0.740. The van der Waals surface area contributed by atoms with Crippen LogP contribution in [0, 0.1) is 5.82 Å². The summed E-state index contributed by atoms with van der Waals surface area (Å²) < 4.78 is 13.3. The maximum atomic E-state index is 13.3. The highest BCUT2D eigenvalue weighted by Crippen LogP contribution is 2.33. The SMILES string of the molecule is OCc1cc(F)cc(Sc2ccc(Cl)c(Cl)c2)c1. The van der Waals surface area contributed by atoms with Gasteiger partial charge in [-0.1, -0.05) is 35.0 Å². The molecule has 0 unspecified atom stereocenters. The van der Waals surface area contributed by atoms with E-state index in [-0.39, 0.29) is 12.4 Å². The van der Waals surface area contributed by atoms with Crippen LogP contribution in [-0.4, -0.2) is 5.11 Å². The molecule has 0 radical (unpaired) electrons. The molecule has 0 aliphatic rings. The van der Waals surface area contributed by atoms with Gasteiger partial charge in [0, 0.05) is 9.79 Å². The van der Waals surface area contributed by atoms with Crippen molar-refractivity contribution in [1.29, 1.82) is 0 Å². The van der Waals surface area contributed by atoms with Gasteiger partial charge in [-0.3, -0.25) is 0 Å². The van der Waals surface area contributed by atoms with Gasteiger partial charge in [0.15, 0.2) is 0 Å². The fraction of sp³-hybridized carbons (Fsp3) is 0.0769. The first-order valence-electron chi connectivity index (χ1n) is 5.12. The molecule has 1 nitrogen and oxygen atoms in total. The zero-order valence-electron chi connectivity index (χ0n) is 9.16. The van der Waals surface area contributed by atoms with Crippen molar-refractivity contribution in [3.8, 4) is 0 Å². The molecule has 0 fully saturated rings. The molecule has 2 aromatic rings. The molecular formula is C13H9Cl2FOS. The van der Waals surface area contributed by atoms with Crippen LogP contribution in [0.1, 0.15) is 5.56 Å². The van der Waals surface area contributed by atoms with E-state index in [1.54, 1.807) is 18.2 Å². The fourth-order valence-corrected chi connectivity index (χ4v) is 2.78. The van der Waals surface area contributed by atoms with Crippen molar-refractivity contribution >= 4 is 35.0 Å². The van der Waals surface area contributed by atoms with E-state index in [4.69, 9.17) is 28.3 Å². The van der Waals surface area contributed by atoms with E-state index >= 15 is 0 Å². The Morgan fingerprint density at radius 1 is 1.00 bits per heavy atom. The maximum absolute atomic E-state index is 13.3. The first-order valence-corrected chi connectivity index (χ1v) is 6.69. The van der Waals surface area contributed by atoms with E-state index in [1.165, 1.54) is 23.9 Å². The Morgan fingerprint density at radius 3 is 2.44 bits per heavy atom. The third-order valence-electron chi connectivity index (χ3n) is 2.24. The minimum Gasteiger partial charge on any atom is -0.392 e. The summed E-state index contributed by atoms with van der Waals surface area (Å²) in [5.74, 6) is -0.371. The number of hydrogen-bond acceptors (Lipinski definition) is 2. The number of benzene rings is 2. The molecule has 0 aromatic heterocycles. The molecule has 0 aliphatic carbocycles. The number of hydrogen-bond donors (Lipinski definition) is 1. The van der Waals surface area contributed by atoms with Gasteiger partial charge in [0.05, 0.1) is 16.7 Å². The lowest BCUT2D eigenvalue weighted by Gasteiger charge is -2.05. The molecular weight excluding hydrogens is 294 g/mol. The van der Waals surface area contributed by atoms with Crippen LogP contribution >= 0.6 is 35.0 Å². The minimum absolute atomic E-state index is 0.188. The second kappa shape index (κ2) is 5.93. The lowest BCUT2D eigenvalue weighted by Crippen LogP contribution is -1.86. The molecule has 0 amide bonds. The Morgan fingerprint density at radius 2 is 1.78 bits per heavy atom. The van der Waals surface area contributed by atoms with Crippen molar-refractivity contribution in [2.45, 2.75) is 16.4 Å². The molecule has 18 heavy (non-hydrogen) atoms. The van der Waals surface area contributed by atoms with Crippen LogP contribution in [0.3, 0.4) is 0 Å². The van der Waals surface area contributed by atoms with Crippen LogP contribution in [0.2, 0.25) is 10.0 Å². The molecule has 94 valence electrons. The van der Waals surface area contributed by atoms with Gasteiger partial charge < -0.3 is 5.11 Å². The van der Waals surface area contributed by atoms with E-state index in [0.717, 1.165) is 4.90 Å². The van der Waals surface area contributed by atoms with Gasteiger partial charge in [0.2, 0.25) is 0 Å². The quantitative estimate of drug-likeness (QED) is 0.881. The average Bonchev–Trinajstić information content (AvgIpc) is 2.33. The summed E-state index contributed by atoms with van der Waals surface area (Å²) in [6.45, 7) is -0.188. The topological polar surface area (TPSA) is 20.2 Å². The molecule has 0 atom stereocenters. The molecule has 2 aromatic carbocycles. The summed E-state index contributed by atoms with van der Waals surface area (Å²) in [6, 6.07) is 9.67. The summed E-state index contributed by atoms with van der Waals surface area (Å²) in [7, 11) is 0. The van der Waals surface area contributed by atoms with E-state index in [9.17, 15) is 4.39 Å². The molecule has 0 aliphatic heterocycles. The zero-order chi connectivity index (χ0) is 13.1. The Balaban J connectivity index is 2.27. The molecule has 0 heterocycles. The van der Waals surface area contributed by atoms with Crippen molar-refractivity contribution in [2.75, 3.05) is 0 Å². The highest BCUT2D eigenvalue weighted by molar-refractivity contribution is 7.99. The normalized spacial score (nSPS) is 10.7. The first kappa shape index (κ1) is 13.7. The molecule has 0 spiro atoms.